The van der Waals surface area contributed by atoms with Crippen molar-refractivity contribution in [1.29, 1.82) is 0 Å². The van der Waals surface area contributed by atoms with Crippen molar-refractivity contribution in [1.82, 2.24) is 9.55 Å². The highest BCUT2D eigenvalue weighted by atomic mass is 16.5. The van der Waals surface area contributed by atoms with Crippen LogP contribution in [-0.4, -0.2) is 16.2 Å². The Hall–Kier alpha value is -3.27. The van der Waals surface area contributed by atoms with E-state index in [2.05, 4.69) is 68.7 Å². The van der Waals surface area contributed by atoms with Crippen LogP contribution in [0.2, 0.25) is 0 Å². The van der Waals surface area contributed by atoms with Gasteiger partial charge in [0.25, 0.3) is 0 Å². The first-order valence-electron chi connectivity index (χ1n) is 10.4. The normalized spacial score (nSPS) is 11.1. The Morgan fingerprint density at radius 2 is 1.53 bits per heavy atom. The highest BCUT2D eigenvalue weighted by Crippen LogP contribution is 2.23. The molecule has 0 radical (unpaired) electrons. The molecule has 3 aromatic carbocycles. The molecule has 0 spiro atoms. The van der Waals surface area contributed by atoms with Crippen molar-refractivity contribution in [3.8, 4) is 11.5 Å². The molecule has 0 unspecified atom stereocenters. The van der Waals surface area contributed by atoms with Gasteiger partial charge in [0, 0.05) is 0 Å². The molecular weight excluding hydrogens is 372 g/mol. The predicted octanol–water partition coefficient (Wildman–Crippen LogP) is 5.93. The van der Waals surface area contributed by atoms with Gasteiger partial charge in [-0.2, -0.15) is 0 Å². The fraction of sp³-hybridized carbons (Fsp3) is 0.269. The minimum atomic E-state index is 0.419. The summed E-state index contributed by atoms with van der Waals surface area (Å²) in [5.74, 6) is 2.74. The number of aryl methyl sites for hydroxylation is 4. The van der Waals surface area contributed by atoms with E-state index < -0.39 is 0 Å². The SMILES string of the molecule is Cc1ccc(OCCn2c(COc3cc(C)ccc3C)nc3ccccc32)c(C)c1. The third-order valence-corrected chi connectivity index (χ3v) is 5.34. The number of aromatic nitrogens is 2. The number of hydrogen-bond donors (Lipinski definition) is 0. The Kier molecular flexibility index (Phi) is 5.75. The summed E-state index contributed by atoms with van der Waals surface area (Å²) in [5, 5.41) is 0. The number of rotatable bonds is 7. The zero-order valence-corrected chi connectivity index (χ0v) is 18.1. The summed E-state index contributed by atoms with van der Waals surface area (Å²) < 4.78 is 14.4. The number of imidazole rings is 1. The Balaban J connectivity index is 1.53. The zero-order valence-electron chi connectivity index (χ0n) is 18.1. The molecule has 0 bridgehead atoms. The van der Waals surface area contributed by atoms with Gasteiger partial charge in [-0.3, -0.25) is 0 Å². The van der Waals surface area contributed by atoms with Crippen LogP contribution in [0.25, 0.3) is 11.0 Å². The summed E-state index contributed by atoms with van der Waals surface area (Å²) in [6.45, 7) is 10.0. The van der Waals surface area contributed by atoms with Crippen LogP contribution in [0.3, 0.4) is 0 Å². The van der Waals surface area contributed by atoms with E-state index in [-0.39, 0.29) is 0 Å². The first kappa shape index (κ1) is 20.0. The molecule has 1 heterocycles. The molecule has 0 aliphatic carbocycles. The lowest BCUT2D eigenvalue weighted by molar-refractivity contribution is 0.270. The molecule has 1 aromatic heterocycles. The van der Waals surface area contributed by atoms with E-state index in [0.717, 1.165) is 39.5 Å². The Morgan fingerprint density at radius 3 is 2.37 bits per heavy atom. The Bertz CT molecular complexity index is 1180. The predicted molar refractivity (Wildman–Crippen MR) is 121 cm³/mol. The third kappa shape index (κ3) is 4.33. The second kappa shape index (κ2) is 8.62. The van der Waals surface area contributed by atoms with Gasteiger partial charge in [-0.15, -0.1) is 0 Å². The summed E-state index contributed by atoms with van der Waals surface area (Å²) in [6, 6.07) is 20.7. The van der Waals surface area contributed by atoms with Crippen molar-refractivity contribution in [2.45, 2.75) is 40.8 Å². The molecule has 0 atom stereocenters. The van der Waals surface area contributed by atoms with E-state index in [1.165, 1.54) is 11.1 Å². The van der Waals surface area contributed by atoms with Crippen LogP contribution in [0, 0.1) is 27.7 Å². The van der Waals surface area contributed by atoms with Gasteiger partial charge in [-0.1, -0.05) is 42.0 Å². The summed E-state index contributed by atoms with van der Waals surface area (Å²) in [7, 11) is 0. The van der Waals surface area contributed by atoms with Crippen LogP contribution in [0.1, 0.15) is 28.1 Å². The third-order valence-electron chi connectivity index (χ3n) is 5.34. The highest BCUT2D eigenvalue weighted by molar-refractivity contribution is 5.75. The van der Waals surface area contributed by atoms with Gasteiger partial charge in [0.15, 0.2) is 0 Å². The second-order valence-electron chi connectivity index (χ2n) is 7.84. The summed E-state index contributed by atoms with van der Waals surface area (Å²) in [4.78, 5) is 4.82. The second-order valence-corrected chi connectivity index (χ2v) is 7.84. The summed E-state index contributed by atoms with van der Waals surface area (Å²) in [6.07, 6.45) is 0. The monoisotopic (exact) mass is 400 g/mol. The lowest BCUT2D eigenvalue weighted by Gasteiger charge is -2.14. The number of nitrogens with zero attached hydrogens (tertiary/aromatic N) is 2. The van der Waals surface area contributed by atoms with Crippen LogP contribution in [0.5, 0.6) is 11.5 Å². The molecule has 0 saturated carbocycles. The lowest BCUT2D eigenvalue weighted by atomic mass is 10.1. The highest BCUT2D eigenvalue weighted by Gasteiger charge is 2.12. The molecule has 154 valence electrons. The topological polar surface area (TPSA) is 36.3 Å². The molecule has 0 fully saturated rings. The average Bonchev–Trinajstić information content (AvgIpc) is 3.08. The number of ether oxygens (including phenoxy) is 2. The summed E-state index contributed by atoms with van der Waals surface area (Å²) >= 11 is 0. The van der Waals surface area contributed by atoms with Crippen LogP contribution in [0.15, 0.2) is 60.7 Å². The molecule has 4 nitrogen and oxygen atoms in total. The van der Waals surface area contributed by atoms with Gasteiger partial charge in [-0.05, 0) is 68.7 Å². The number of para-hydroxylation sites is 2. The Morgan fingerprint density at radius 1 is 0.767 bits per heavy atom. The Labute approximate surface area is 178 Å². The van der Waals surface area contributed by atoms with Crippen molar-refractivity contribution in [2.24, 2.45) is 0 Å². The average molecular weight is 401 g/mol. The minimum absolute atomic E-state index is 0.419. The molecular formula is C26H28N2O2. The van der Waals surface area contributed by atoms with Gasteiger partial charge in [0.05, 0.1) is 17.6 Å². The van der Waals surface area contributed by atoms with Crippen LogP contribution >= 0.6 is 0 Å². The molecule has 0 amide bonds. The molecule has 30 heavy (non-hydrogen) atoms. The largest absolute Gasteiger partial charge is 0.491 e. The first-order valence-corrected chi connectivity index (χ1v) is 10.4. The van der Waals surface area contributed by atoms with E-state index in [1.54, 1.807) is 0 Å². The zero-order chi connectivity index (χ0) is 21.1. The number of benzene rings is 3. The van der Waals surface area contributed by atoms with Gasteiger partial charge in [0.1, 0.15) is 30.5 Å². The minimum Gasteiger partial charge on any atom is -0.491 e. The smallest absolute Gasteiger partial charge is 0.148 e. The van der Waals surface area contributed by atoms with Gasteiger partial charge in [0.2, 0.25) is 0 Å². The first-order chi connectivity index (χ1) is 14.5. The van der Waals surface area contributed by atoms with Crippen molar-refractivity contribution in [3.05, 3.63) is 88.7 Å². The van der Waals surface area contributed by atoms with E-state index >= 15 is 0 Å². The maximum absolute atomic E-state index is 6.15. The van der Waals surface area contributed by atoms with E-state index in [0.29, 0.717) is 19.8 Å². The quantitative estimate of drug-likeness (QED) is 0.386. The number of fused-ring (bicyclic) bond motifs is 1. The van der Waals surface area contributed by atoms with Crippen LogP contribution < -0.4 is 9.47 Å². The molecule has 0 aliphatic rings. The van der Waals surface area contributed by atoms with E-state index in [1.807, 2.05) is 24.3 Å². The van der Waals surface area contributed by atoms with Crippen LogP contribution in [-0.2, 0) is 13.2 Å². The van der Waals surface area contributed by atoms with Gasteiger partial charge in [-0.25, -0.2) is 4.98 Å². The number of hydrogen-bond acceptors (Lipinski definition) is 3. The maximum Gasteiger partial charge on any atom is 0.148 e. The van der Waals surface area contributed by atoms with Crippen molar-refractivity contribution in [2.75, 3.05) is 6.61 Å². The summed E-state index contributed by atoms with van der Waals surface area (Å²) in [5.41, 5.74) is 6.78. The fourth-order valence-corrected chi connectivity index (χ4v) is 3.70. The van der Waals surface area contributed by atoms with Crippen LogP contribution in [0.4, 0.5) is 0 Å². The molecule has 4 rings (SSSR count). The molecule has 0 saturated heterocycles. The van der Waals surface area contributed by atoms with Gasteiger partial charge >= 0.3 is 0 Å². The fourth-order valence-electron chi connectivity index (χ4n) is 3.70. The lowest BCUT2D eigenvalue weighted by Crippen LogP contribution is -2.13. The maximum atomic E-state index is 6.15. The molecule has 4 aromatic rings. The van der Waals surface area contributed by atoms with E-state index in [4.69, 9.17) is 14.5 Å². The van der Waals surface area contributed by atoms with E-state index in [9.17, 15) is 0 Å². The van der Waals surface area contributed by atoms with Crippen molar-refractivity contribution in [3.63, 3.8) is 0 Å². The molecule has 0 N–H and O–H groups in total. The molecule has 0 aliphatic heterocycles. The molecule has 4 heteroatoms. The standard InChI is InChI=1S/C26H28N2O2/c1-18-10-12-24(21(4)15-18)29-14-13-28-23-8-6-5-7-22(23)27-26(28)17-30-25-16-19(2)9-11-20(25)3/h5-12,15-16H,13-14,17H2,1-4H3. The van der Waals surface area contributed by atoms with Crippen molar-refractivity contribution < 1.29 is 9.47 Å². The van der Waals surface area contributed by atoms with Gasteiger partial charge < -0.3 is 14.0 Å². The van der Waals surface area contributed by atoms with Crippen molar-refractivity contribution >= 4 is 11.0 Å².